The Balaban J connectivity index is 1.96. The summed E-state index contributed by atoms with van der Waals surface area (Å²) >= 11 is 1.38. The van der Waals surface area contributed by atoms with Crippen LogP contribution in [0.15, 0.2) is 47.6 Å². The highest BCUT2D eigenvalue weighted by Crippen LogP contribution is 2.36. The molecule has 7 heteroatoms. The van der Waals surface area contributed by atoms with Crippen molar-refractivity contribution in [3.8, 4) is 5.69 Å². The van der Waals surface area contributed by atoms with E-state index in [2.05, 4.69) is 50.0 Å². The lowest BCUT2D eigenvalue weighted by Crippen LogP contribution is -2.11. The smallest absolute Gasteiger partial charge is 0.220 e. The lowest BCUT2D eigenvalue weighted by atomic mass is 10.0. The Morgan fingerprint density at radius 3 is 2.24 bits per heavy atom. The van der Waals surface area contributed by atoms with Crippen molar-refractivity contribution in [2.45, 2.75) is 50.9 Å². The van der Waals surface area contributed by atoms with E-state index >= 15 is 0 Å². The van der Waals surface area contributed by atoms with Crippen LogP contribution in [0, 0.1) is 30.9 Å². The van der Waals surface area contributed by atoms with Crippen molar-refractivity contribution in [2.75, 3.05) is 6.54 Å². The van der Waals surface area contributed by atoms with Gasteiger partial charge in [0, 0.05) is 10.6 Å². The van der Waals surface area contributed by atoms with Crippen LogP contribution in [0.1, 0.15) is 53.1 Å². The number of nitro groups is 1. The van der Waals surface area contributed by atoms with Gasteiger partial charge in [0.1, 0.15) is 11.1 Å². The van der Waals surface area contributed by atoms with E-state index in [-0.39, 0.29) is 16.7 Å². The lowest BCUT2D eigenvalue weighted by Gasteiger charge is -2.16. The van der Waals surface area contributed by atoms with Crippen molar-refractivity contribution in [3.05, 3.63) is 80.7 Å². The van der Waals surface area contributed by atoms with Gasteiger partial charge in [0.2, 0.25) is 6.54 Å². The fraction of sp³-hybridized carbons (Fsp3) is 0.364. The summed E-state index contributed by atoms with van der Waals surface area (Å²) in [6.07, 6.45) is 0. The summed E-state index contributed by atoms with van der Waals surface area (Å²) in [5, 5.41) is 20.2. The number of thioether (sulfide) groups is 1. The zero-order valence-corrected chi connectivity index (χ0v) is 18.2. The molecule has 0 radical (unpaired) electrons. The second-order valence-corrected chi connectivity index (χ2v) is 8.75. The van der Waals surface area contributed by atoms with Gasteiger partial charge in [-0.1, -0.05) is 55.9 Å². The molecule has 0 saturated carbocycles. The van der Waals surface area contributed by atoms with E-state index in [1.807, 2.05) is 41.8 Å². The number of hydrogen-bond donors (Lipinski definition) is 0. The number of rotatable bonds is 7. The molecule has 0 aliphatic carbocycles. The first kappa shape index (κ1) is 21.0. The molecular formula is C22H26N4O2S. The zero-order chi connectivity index (χ0) is 21.1. The van der Waals surface area contributed by atoms with Crippen LogP contribution in [0.3, 0.4) is 0 Å². The third kappa shape index (κ3) is 4.85. The standard InChI is InChI=1S/C22H26N4O2S/c1-14(2)18-7-9-19(10-8-18)21(13-25(27)28)29-22-24-23-17(5)26(22)20-11-6-15(3)16(4)12-20/h6-12,14,21H,13H2,1-5H3/t21-/m1/s1. The maximum atomic E-state index is 11.3. The fourth-order valence-electron chi connectivity index (χ4n) is 3.15. The minimum Gasteiger partial charge on any atom is -0.274 e. The van der Waals surface area contributed by atoms with Crippen molar-refractivity contribution in [1.82, 2.24) is 14.8 Å². The normalized spacial score (nSPS) is 12.3. The van der Waals surface area contributed by atoms with Crippen LogP contribution < -0.4 is 0 Å². The molecule has 152 valence electrons. The Bertz CT molecular complexity index is 1010. The quantitative estimate of drug-likeness (QED) is 0.295. The largest absolute Gasteiger partial charge is 0.274 e. The van der Waals surface area contributed by atoms with Crippen molar-refractivity contribution >= 4 is 11.8 Å². The highest BCUT2D eigenvalue weighted by atomic mass is 32.2. The molecule has 3 aromatic rings. The number of benzene rings is 2. The Labute approximate surface area is 175 Å². The first-order valence-electron chi connectivity index (χ1n) is 9.64. The second kappa shape index (κ2) is 8.78. The molecule has 1 atom stereocenters. The van der Waals surface area contributed by atoms with E-state index in [0.29, 0.717) is 11.1 Å². The van der Waals surface area contributed by atoms with Gasteiger partial charge < -0.3 is 0 Å². The molecule has 1 heterocycles. The molecule has 0 spiro atoms. The predicted octanol–water partition coefficient (Wildman–Crippen LogP) is 5.43. The highest BCUT2D eigenvalue weighted by molar-refractivity contribution is 7.99. The van der Waals surface area contributed by atoms with E-state index in [4.69, 9.17) is 0 Å². The summed E-state index contributed by atoms with van der Waals surface area (Å²) in [4.78, 5) is 11.1. The summed E-state index contributed by atoms with van der Waals surface area (Å²) < 4.78 is 1.96. The molecule has 2 aromatic carbocycles. The maximum absolute atomic E-state index is 11.3. The van der Waals surface area contributed by atoms with E-state index in [9.17, 15) is 10.1 Å². The molecular weight excluding hydrogens is 384 g/mol. The van der Waals surface area contributed by atoms with Crippen LogP contribution in [0.2, 0.25) is 0 Å². The van der Waals surface area contributed by atoms with E-state index in [0.717, 1.165) is 17.1 Å². The number of aryl methyl sites for hydroxylation is 3. The molecule has 0 fully saturated rings. The van der Waals surface area contributed by atoms with Crippen LogP contribution in [-0.4, -0.2) is 26.2 Å². The third-order valence-electron chi connectivity index (χ3n) is 5.08. The lowest BCUT2D eigenvalue weighted by molar-refractivity contribution is -0.479. The molecule has 0 aliphatic rings. The molecule has 0 saturated heterocycles. The summed E-state index contributed by atoms with van der Waals surface area (Å²) in [5.41, 5.74) is 5.49. The van der Waals surface area contributed by atoms with Gasteiger partial charge >= 0.3 is 0 Å². The Morgan fingerprint density at radius 1 is 1.00 bits per heavy atom. The van der Waals surface area contributed by atoms with Crippen molar-refractivity contribution in [2.24, 2.45) is 0 Å². The Hall–Kier alpha value is -2.67. The highest BCUT2D eigenvalue weighted by Gasteiger charge is 2.24. The fourth-order valence-corrected chi connectivity index (χ4v) is 4.32. The number of aromatic nitrogens is 3. The third-order valence-corrected chi connectivity index (χ3v) is 6.26. The van der Waals surface area contributed by atoms with Crippen molar-refractivity contribution in [1.29, 1.82) is 0 Å². The molecule has 3 rings (SSSR count). The molecule has 6 nitrogen and oxygen atoms in total. The van der Waals surface area contributed by atoms with Crippen LogP contribution in [-0.2, 0) is 0 Å². The molecule has 0 aliphatic heterocycles. The van der Waals surface area contributed by atoms with Gasteiger partial charge in [0.05, 0.1) is 0 Å². The average molecular weight is 411 g/mol. The van der Waals surface area contributed by atoms with Crippen LogP contribution in [0.5, 0.6) is 0 Å². The Morgan fingerprint density at radius 2 is 1.66 bits per heavy atom. The summed E-state index contributed by atoms with van der Waals surface area (Å²) in [6, 6.07) is 14.3. The molecule has 29 heavy (non-hydrogen) atoms. The first-order chi connectivity index (χ1) is 13.8. The van der Waals surface area contributed by atoms with Gasteiger partial charge in [-0.15, -0.1) is 10.2 Å². The van der Waals surface area contributed by atoms with Gasteiger partial charge in [0.15, 0.2) is 5.16 Å². The van der Waals surface area contributed by atoms with Gasteiger partial charge in [-0.05, 0) is 61.1 Å². The first-order valence-corrected chi connectivity index (χ1v) is 10.5. The number of nitrogens with zero attached hydrogens (tertiary/aromatic N) is 4. The van der Waals surface area contributed by atoms with Gasteiger partial charge in [-0.2, -0.15) is 0 Å². The Kier molecular flexibility index (Phi) is 6.37. The summed E-state index contributed by atoms with van der Waals surface area (Å²) in [7, 11) is 0. The average Bonchev–Trinajstić information content (AvgIpc) is 3.03. The molecule has 0 amide bonds. The summed E-state index contributed by atoms with van der Waals surface area (Å²) in [5.74, 6) is 1.17. The minimum absolute atomic E-state index is 0.176. The minimum atomic E-state index is -0.347. The van der Waals surface area contributed by atoms with Crippen LogP contribution in [0.25, 0.3) is 5.69 Å². The number of hydrogen-bond acceptors (Lipinski definition) is 5. The summed E-state index contributed by atoms with van der Waals surface area (Å²) in [6.45, 7) is 10.1. The van der Waals surface area contributed by atoms with Gasteiger partial charge in [-0.3, -0.25) is 14.7 Å². The molecule has 0 unspecified atom stereocenters. The maximum Gasteiger partial charge on any atom is 0.220 e. The predicted molar refractivity (Wildman–Crippen MR) is 117 cm³/mol. The van der Waals surface area contributed by atoms with Gasteiger partial charge in [-0.25, -0.2) is 0 Å². The second-order valence-electron chi connectivity index (χ2n) is 7.58. The van der Waals surface area contributed by atoms with Gasteiger partial charge in [0.25, 0.3) is 0 Å². The van der Waals surface area contributed by atoms with E-state index in [1.165, 1.54) is 28.5 Å². The SMILES string of the molecule is Cc1ccc(-n2c(C)nnc2S[C@H](C[N+](=O)[O-])c2ccc(C(C)C)cc2)cc1C. The zero-order valence-electron chi connectivity index (χ0n) is 17.4. The van der Waals surface area contributed by atoms with Crippen molar-refractivity contribution in [3.63, 3.8) is 0 Å². The molecule has 1 aromatic heterocycles. The van der Waals surface area contributed by atoms with Crippen molar-refractivity contribution < 1.29 is 4.92 Å². The van der Waals surface area contributed by atoms with Crippen LogP contribution >= 0.6 is 11.8 Å². The van der Waals surface area contributed by atoms with E-state index < -0.39 is 0 Å². The molecule has 0 bridgehead atoms. The topological polar surface area (TPSA) is 73.8 Å². The van der Waals surface area contributed by atoms with Crippen LogP contribution in [0.4, 0.5) is 0 Å². The monoisotopic (exact) mass is 410 g/mol. The van der Waals surface area contributed by atoms with E-state index in [1.54, 1.807) is 0 Å². The molecule has 0 N–H and O–H groups in total.